The van der Waals surface area contributed by atoms with Crippen molar-refractivity contribution in [3.8, 4) is 5.75 Å². The van der Waals surface area contributed by atoms with Gasteiger partial charge in [-0.2, -0.15) is 0 Å². The molecule has 0 saturated carbocycles. The molecule has 6 heteroatoms. The van der Waals surface area contributed by atoms with Crippen LogP contribution in [0.15, 0.2) is 98.6 Å². The van der Waals surface area contributed by atoms with Gasteiger partial charge in [-0.25, -0.2) is 4.99 Å². The number of amidine groups is 1. The van der Waals surface area contributed by atoms with Crippen LogP contribution in [0.3, 0.4) is 0 Å². The molecule has 1 aliphatic heterocycles. The highest BCUT2D eigenvalue weighted by atomic mass is 32.2. The van der Waals surface area contributed by atoms with Gasteiger partial charge in [0.2, 0.25) is 0 Å². The van der Waals surface area contributed by atoms with E-state index in [1.807, 2.05) is 67.6 Å². The number of nitrogens with zero attached hydrogens (tertiary/aromatic N) is 2. The van der Waals surface area contributed by atoms with Crippen molar-refractivity contribution in [1.29, 1.82) is 0 Å². The van der Waals surface area contributed by atoms with Crippen molar-refractivity contribution < 1.29 is 9.53 Å². The average Bonchev–Trinajstić information content (AvgIpc) is 3.10. The topological polar surface area (TPSA) is 41.9 Å². The van der Waals surface area contributed by atoms with Crippen LogP contribution in [-0.4, -0.2) is 29.6 Å². The number of methoxy groups -OCH3 is 1. The number of benzene rings is 3. The fraction of sp³-hybridized carbons (Fsp3) is 0.120. The molecule has 0 atom stereocenters. The standard InChI is InChI=1S/C25H22N2O2S2/c1-3-27-24(28)23(31-25(27)26-19-11-13-20(29-2)14-12-19)17-18-9-15-22(16-10-18)30-21-7-5-4-6-8-21/h4-17H,3H2,1-2H3/b23-17+,26-25?. The first-order valence-electron chi connectivity index (χ1n) is 9.93. The Labute approximate surface area is 191 Å². The highest BCUT2D eigenvalue weighted by Gasteiger charge is 2.32. The second-order valence-electron chi connectivity index (χ2n) is 6.74. The molecule has 4 rings (SSSR count). The number of thioether (sulfide) groups is 1. The molecule has 31 heavy (non-hydrogen) atoms. The van der Waals surface area contributed by atoms with E-state index in [9.17, 15) is 4.79 Å². The molecule has 1 aliphatic rings. The van der Waals surface area contributed by atoms with Crippen LogP contribution in [0.5, 0.6) is 5.75 Å². The Bertz CT molecular complexity index is 1110. The molecular formula is C25H22N2O2S2. The van der Waals surface area contributed by atoms with E-state index >= 15 is 0 Å². The molecule has 3 aromatic rings. The van der Waals surface area contributed by atoms with Crippen molar-refractivity contribution in [2.75, 3.05) is 13.7 Å². The molecule has 1 saturated heterocycles. The Morgan fingerprint density at radius 3 is 2.29 bits per heavy atom. The Morgan fingerprint density at radius 2 is 1.65 bits per heavy atom. The molecular weight excluding hydrogens is 424 g/mol. The van der Waals surface area contributed by atoms with Crippen LogP contribution < -0.4 is 4.74 Å². The summed E-state index contributed by atoms with van der Waals surface area (Å²) in [4.78, 5) is 22.3. The predicted molar refractivity (Wildman–Crippen MR) is 130 cm³/mol. The zero-order chi connectivity index (χ0) is 21.6. The molecule has 1 fully saturated rings. The van der Waals surface area contributed by atoms with Gasteiger partial charge >= 0.3 is 0 Å². The van der Waals surface area contributed by atoms with Crippen LogP contribution >= 0.6 is 23.5 Å². The number of ether oxygens (including phenoxy) is 1. The maximum atomic E-state index is 12.9. The molecule has 0 unspecified atom stereocenters. The molecule has 1 heterocycles. The maximum Gasteiger partial charge on any atom is 0.266 e. The third kappa shape index (κ3) is 5.21. The van der Waals surface area contributed by atoms with Crippen LogP contribution in [-0.2, 0) is 4.79 Å². The molecule has 4 nitrogen and oxygen atoms in total. The Hall–Kier alpha value is -2.96. The zero-order valence-electron chi connectivity index (χ0n) is 17.3. The number of hydrogen-bond donors (Lipinski definition) is 0. The Balaban J connectivity index is 1.52. The van der Waals surface area contributed by atoms with E-state index in [0.717, 1.165) is 21.9 Å². The van der Waals surface area contributed by atoms with Gasteiger partial charge in [-0.1, -0.05) is 42.1 Å². The lowest BCUT2D eigenvalue weighted by Gasteiger charge is -2.12. The van der Waals surface area contributed by atoms with Gasteiger partial charge in [0.25, 0.3) is 5.91 Å². The highest BCUT2D eigenvalue weighted by molar-refractivity contribution is 8.18. The number of rotatable bonds is 6. The molecule has 0 spiro atoms. The number of likely N-dealkylation sites (N-methyl/N-ethyl adjacent to an activating group) is 1. The van der Waals surface area contributed by atoms with E-state index in [1.54, 1.807) is 23.8 Å². The number of hydrogen-bond acceptors (Lipinski definition) is 5. The normalized spacial score (nSPS) is 16.3. The summed E-state index contributed by atoms with van der Waals surface area (Å²) in [7, 11) is 1.63. The fourth-order valence-corrected chi connectivity index (χ4v) is 4.95. The van der Waals surface area contributed by atoms with Gasteiger partial charge in [0, 0.05) is 16.3 Å². The third-order valence-electron chi connectivity index (χ3n) is 4.66. The number of amides is 1. The van der Waals surface area contributed by atoms with Crippen LogP contribution in [0, 0.1) is 0 Å². The summed E-state index contributed by atoms with van der Waals surface area (Å²) in [6, 6.07) is 26.0. The molecule has 0 bridgehead atoms. The number of carbonyl (C=O) groups excluding carboxylic acids is 1. The quantitative estimate of drug-likeness (QED) is 0.407. The summed E-state index contributed by atoms with van der Waals surface area (Å²) in [6.45, 7) is 2.53. The minimum absolute atomic E-state index is 0.0116. The van der Waals surface area contributed by atoms with Crippen molar-refractivity contribution in [3.63, 3.8) is 0 Å². The van der Waals surface area contributed by atoms with Gasteiger partial charge in [-0.15, -0.1) is 0 Å². The smallest absolute Gasteiger partial charge is 0.266 e. The third-order valence-corrected chi connectivity index (χ3v) is 6.68. The Kier molecular flexibility index (Phi) is 6.79. The summed E-state index contributed by atoms with van der Waals surface area (Å²) in [5.74, 6) is 0.767. The second-order valence-corrected chi connectivity index (χ2v) is 8.89. The summed E-state index contributed by atoms with van der Waals surface area (Å²) in [5.41, 5.74) is 1.79. The van der Waals surface area contributed by atoms with E-state index in [2.05, 4.69) is 29.3 Å². The van der Waals surface area contributed by atoms with E-state index < -0.39 is 0 Å². The number of carbonyl (C=O) groups is 1. The van der Waals surface area contributed by atoms with Gasteiger partial charge in [0.1, 0.15) is 5.75 Å². The van der Waals surface area contributed by atoms with Gasteiger partial charge in [0.15, 0.2) is 5.17 Å². The zero-order valence-corrected chi connectivity index (χ0v) is 19.0. The molecule has 156 valence electrons. The van der Waals surface area contributed by atoms with Crippen molar-refractivity contribution in [1.82, 2.24) is 4.90 Å². The second kappa shape index (κ2) is 9.90. The van der Waals surface area contributed by atoms with E-state index in [0.29, 0.717) is 16.6 Å². The first kappa shape index (κ1) is 21.3. The number of aliphatic imine (C=N–C) groups is 1. The lowest BCUT2D eigenvalue weighted by atomic mass is 10.2. The lowest BCUT2D eigenvalue weighted by molar-refractivity contribution is -0.122. The average molecular weight is 447 g/mol. The highest BCUT2D eigenvalue weighted by Crippen LogP contribution is 2.35. The van der Waals surface area contributed by atoms with Gasteiger partial charge in [-0.05, 0) is 78.9 Å². The van der Waals surface area contributed by atoms with E-state index in [4.69, 9.17) is 4.74 Å². The van der Waals surface area contributed by atoms with Crippen LogP contribution in [0.4, 0.5) is 5.69 Å². The fourth-order valence-electron chi connectivity index (χ4n) is 3.05. The van der Waals surface area contributed by atoms with Gasteiger partial charge in [-0.3, -0.25) is 9.69 Å². The monoisotopic (exact) mass is 446 g/mol. The molecule has 0 aromatic heterocycles. The molecule has 0 aliphatic carbocycles. The first-order chi connectivity index (χ1) is 15.2. The summed E-state index contributed by atoms with van der Waals surface area (Å²) < 4.78 is 5.19. The summed E-state index contributed by atoms with van der Waals surface area (Å²) >= 11 is 3.13. The minimum atomic E-state index is -0.0116. The van der Waals surface area contributed by atoms with Crippen molar-refractivity contribution in [2.24, 2.45) is 4.99 Å². The predicted octanol–water partition coefficient (Wildman–Crippen LogP) is 6.47. The minimum Gasteiger partial charge on any atom is -0.497 e. The molecule has 0 radical (unpaired) electrons. The van der Waals surface area contributed by atoms with Crippen LogP contribution in [0.2, 0.25) is 0 Å². The van der Waals surface area contributed by atoms with E-state index in [-0.39, 0.29) is 5.91 Å². The molecule has 1 amide bonds. The SMILES string of the molecule is CCN1C(=O)/C(=C\c2ccc(Sc3ccccc3)cc2)SC1=Nc1ccc(OC)cc1. The first-order valence-corrected chi connectivity index (χ1v) is 11.6. The Morgan fingerprint density at radius 1 is 0.968 bits per heavy atom. The van der Waals surface area contributed by atoms with Crippen LogP contribution in [0.1, 0.15) is 12.5 Å². The maximum absolute atomic E-state index is 12.9. The largest absolute Gasteiger partial charge is 0.497 e. The van der Waals surface area contributed by atoms with Gasteiger partial charge in [0.05, 0.1) is 17.7 Å². The van der Waals surface area contributed by atoms with Crippen molar-refractivity contribution in [3.05, 3.63) is 89.3 Å². The summed E-state index contributed by atoms with van der Waals surface area (Å²) in [6.07, 6.45) is 1.93. The molecule has 3 aromatic carbocycles. The van der Waals surface area contributed by atoms with Crippen molar-refractivity contribution in [2.45, 2.75) is 16.7 Å². The molecule has 0 N–H and O–H groups in total. The van der Waals surface area contributed by atoms with Gasteiger partial charge < -0.3 is 4.74 Å². The van der Waals surface area contributed by atoms with Crippen molar-refractivity contribution >= 4 is 46.4 Å². The lowest BCUT2D eigenvalue weighted by Crippen LogP contribution is -2.28. The summed E-state index contributed by atoms with van der Waals surface area (Å²) in [5, 5.41) is 0.695. The van der Waals surface area contributed by atoms with E-state index in [1.165, 1.54) is 16.7 Å². The van der Waals surface area contributed by atoms with Crippen LogP contribution in [0.25, 0.3) is 6.08 Å².